The number of nitrogens with zero attached hydrogens (tertiary/aromatic N) is 3. The number of hydrogen-bond donors (Lipinski definition) is 5. The molecule has 30 heavy (non-hydrogen) atoms. The van der Waals surface area contributed by atoms with Gasteiger partial charge in [0.05, 0.1) is 10.9 Å². The highest BCUT2D eigenvalue weighted by Gasteiger charge is 2.45. The third-order valence-corrected chi connectivity index (χ3v) is 5.07. The number of aliphatic hydroxyl groups excluding tert-OH is 2. The van der Waals surface area contributed by atoms with Gasteiger partial charge in [-0.25, -0.2) is 9.97 Å². The van der Waals surface area contributed by atoms with E-state index >= 15 is 0 Å². The van der Waals surface area contributed by atoms with Gasteiger partial charge in [0.1, 0.15) is 48.3 Å². The van der Waals surface area contributed by atoms with E-state index in [1.165, 1.54) is 10.8 Å². The minimum absolute atomic E-state index is 0.0468. The molecule has 0 bridgehead atoms. The van der Waals surface area contributed by atoms with Crippen molar-refractivity contribution in [2.75, 3.05) is 12.3 Å². The van der Waals surface area contributed by atoms with E-state index in [9.17, 15) is 19.8 Å². The summed E-state index contributed by atoms with van der Waals surface area (Å²) >= 11 is 0. The van der Waals surface area contributed by atoms with Crippen molar-refractivity contribution < 1.29 is 29.3 Å². The number of primary amides is 1. The predicted octanol–water partition coefficient (Wildman–Crippen LogP) is -1.43. The SMILES string of the molecule is Cc1nc(N)c2c(C(N)=O)cn([C@@H]3O[C@H](COC(=O)[C@@H](N)C(C)C)[C@@H](O)[C@H]3O)c2n1. The van der Waals surface area contributed by atoms with Crippen LogP contribution in [0.4, 0.5) is 5.82 Å². The van der Waals surface area contributed by atoms with Crippen LogP contribution in [-0.4, -0.2) is 67.6 Å². The maximum atomic E-state index is 12.0. The van der Waals surface area contributed by atoms with Crippen LogP contribution >= 0.6 is 0 Å². The molecule has 8 N–H and O–H groups in total. The first-order valence-electron chi connectivity index (χ1n) is 9.41. The van der Waals surface area contributed by atoms with Crippen LogP contribution in [0.25, 0.3) is 11.0 Å². The molecule has 164 valence electrons. The minimum Gasteiger partial charge on any atom is -0.462 e. The lowest BCUT2D eigenvalue weighted by Gasteiger charge is -2.18. The highest BCUT2D eigenvalue weighted by atomic mass is 16.6. The summed E-state index contributed by atoms with van der Waals surface area (Å²) in [5.41, 5.74) is 17.4. The molecule has 3 rings (SSSR count). The van der Waals surface area contributed by atoms with Crippen LogP contribution in [-0.2, 0) is 14.3 Å². The van der Waals surface area contributed by atoms with Gasteiger partial charge in [0.25, 0.3) is 5.91 Å². The van der Waals surface area contributed by atoms with Crippen molar-refractivity contribution in [1.29, 1.82) is 0 Å². The first kappa shape index (κ1) is 21.9. The van der Waals surface area contributed by atoms with Gasteiger partial charge >= 0.3 is 5.97 Å². The molecule has 5 atom stereocenters. The van der Waals surface area contributed by atoms with Crippen molar-refractivity contribution in [1.82, 2.24) is 14.5 Å². The molecular weight excluding hydrogens is 396 g/mol. The molecule has 0 aliphatic carbocycles. The highest BCUT2D eigenvalue weighted by Crippen LogP contribution is 2.35. The van der Waals surface area contributed by atoms with E-state index in [-0.39, 0.29) is 34.9 Å². The topological polar surface area (TPSA) is 202 Å². The number of fused-ring (bicyclic) bond motifs is 1. The smallest absolute Gasteiger partial charge is 0.323 e. The predicted molar refractivity (Wildman–Crippen MR) is 105 cm³/mol. The molecule has 0 saturated carbocycles. The van der Waals surface area contributed by atoms with E-state index in [2.05, 4.69) is 9.97 Å². The van der Waals surface area contributed by atoms with Crippen LogP contribution in [0.1, 0.15) is 36.3 Å². The standard InChI is InChI=1S/C18H26N6O6/c1-6(2)11(19)18(28)29-5-9-12(25)13(26)17(30-9)24-4-8(15(21)27)10-14(20)22-7(3)23-16(10)24/h4,6,9,11-13,17,25-26H,5,19H2,1-3H3,(H2,21,27)(H2,20,22,23)/t9-,11+,12-,13-,17-/m1/s1. The molecular formula is C18H26N6O6. The highest BCUT2D eigenvalue weighted by molar-refractivity contribution is 6.08. The van der Waals surface area contributed by atoms with Gasteiger partial charge in [0.2, 0.25) is 0 Å². The lowest BCUT2D eigenvalue weighted by atomic mass is 10.1. The monoisotopic (exact) mass is 422 g/mol. The Morgan fingerprint density at radius 1 is 1.30 bits per heavy atom. The Kier molecular flexibility index (Phi) is 5.94. The van der Waals surface area contributed by atoms with Crippen molar-refractivity contribution in [3.05, 3.63) is 17.6 Å². The van der Waals surface area contributed by atoms with Crippen molar-refractivity contribution in [3.63, 3.8) is 0 Å². The minimum atomic E-state index is -1.40. The summed E-state index contributed by atoms with van der Waals surface area (Å²) in [7, 11) is 0. The molecule has 1 aliphatic heterocycles. The number of anilines is 1. The average Bonchev–Trinajstić information content (AvgIpc) is 3.18. The number of aryl methyl sites for hydroxylation is 1. The van der Waals surface area contributed by atoms with E-state index in [0.717, 1.165) is 0 Å². The number of hydrogen-bond acceptors (Lipinski definition) is 10. The Bertz CT molecular complexity index is 976. The average molecular weight is 422 g/mol. The fraction of sp³-hybridized carbons (Fsp3) is 0.556. The molecule has 0 spiro atoms. The van der Waals surface area contributed by atoms with E-state index in [0.29, 0.717) is 5.82 Å². The molecule has 2 aromatic rings. The van der Waals surface area contributed by atoms with Gasteiger partial charge in [-0.3, -0.25) is 9.59 Å². The zero-order valence-electron chi connectivity index (χ0n) is 16.8. The summed E-state index contributed by atoms with van der Waals surface area (Å²) < 4.78 is 12.2. The van der Waals surface area contributed by atoms with Crippen LogP contribution in [0.5, 0.6) is 0 Å². The second-order valence-electron chi connectivity index (χ2n) is 7.62. The van der Waals surface area contributed by atoms with Gasteiger partial charge in [-0.15, -0.1) is 0 Å². The summed E-state index contributed by atoms with van der Waals surface area (Å²) in [5.74, 6) is -1.16. The Morgan fingerprint density at radius 3 is 2.57 bits per heavy atom. The van der Waals surface area contributed by atoms with E-state index in [1.54, 1.807) is 20.8 Å². The summed E-state index contributed by atoms with van der Waals surface area (Å²) in [5, 5.41) is 21.1. The second-order valence-corrected chi connectivity index (χ2v) is 7.62. The van der Waals surface area contributed by atoms with Crippen molar-refractivity contribution in [3.8, 4) is 0 Å². The van der Waals surface area contributed by atoms with Gasteiger partial charge in [0.15, 0.2) is 6.23 Å². The maximum Gasteiger partial charge on any atom is 0.323 e. The zero-order valence-corrected chi connectivity index (χ0v) is 16.8. The van der Waals surface area contributed by atoms with Crippen LogP contribution in [0, 0.1) is 12.8 Å². The summed E-state index contributed by atoms with van der Waals surface area (Å²) in [4.78, 5) is 32.1. The van der Waals surface area contributed by atoms with E-state index in [1.807, 2.05) is 0 Å². The molecule has 1 aliphatic rings. The Hall–Kier alpha value is -2.80. The number of ether oxygens (including phenoxy) is 2. The zero-order chi connectivity index (χ0) is 22.3. The summed E-state index contributed by atoms with van der Waals surface area (Å²) in [6.07, 6.45) is -3.59. The summed E-state index contributed by atoms with van der Waals surface area (Å²) in [6.45, 7) is 4.84. The number of rotatable bonds is 6. The van der Waals surface area contributed by atoms with Gasteiger partial charge in [-0.05, 0) is 12.8 Å². The molecule has 0 unspecified atom stereocenters. The Morgan fingerprint density at radius 2 is 1.97 bits per heavy atom. The van der Waals surface area contributed by atoms with Gasteiger partial charge < -0.3 is 41.5 Å². The summed E-state index contributed by atoms with van der Waals surface area (Å²) in [6, 6.07) is -0.821. The number of aliphatic hydroxyl groups is 2. The van der Waals surface area contributed by atoms with E-state index < -0.39 is 42.5 Å². The Labute approximate surface area is 172 Å². The number of esters is 1. The number of nitrogen functional groups attached to an aromatic ring is 1. The van der Waals surface area contributed by atoms with Crippen LogP contribution < -0.4 is 17.2 Å². The van der Waals surface area contributed by atoms with Crippen molar-refractivity contribution >= 4 is 28.7 Å². The molecule has 1 saturated heterocycles. The fourth-order valence-corrected chi connectivity index (χ4v) is 3.30. The molecule has 0 radical (unpaired) electrons. The van der Waals surface area contributed by atoms with Gasteiger partial charge in [0, 0.05) is 6.20 Å². The second kappa shape index (κ2) is 8.14. The van der Waals surface area contributed by atoms with Crippen LogP contribution in [0.2, 0.25) is 0 Å². The lowest BCUT2D eigenvalue weighted by Crippen LogP contribution is -2.40. The third kappa shape index (κ3) is 3.81. The van der Waals surface area contributed by atoms with Gasteiger partial charge in [-0.1, -0.05) is 13.8 Å². The molecule has 0 aromatic carbocycles. The first-order valence-corrected chi connectivity index (χ1v) is 9.41. The van der Waals surface area contributed by atoms with Crippen molar-refractivity contribution in [2.45, 2.75) is 51.4 Å². The number of aromatic nitrogens is 3. The van der Waals surface area contributed by atoms with Crippen molar-refractivity contribution in [2.24, 2.45) is 17.4 Å². The lowest BCUT2D eigenvalue weighted by molar-refractivity contribution is -0.152. The van der Waals surface area contributed by atoms with Crippen LogP contribution in [0.15, 0.2) is 6.20 Å². The molecule has 12 nitrogen and oxygen atoms in total. The number of amides is 1. The van der Waals surface area contributed by atoms with E-state index in [4.69, 9.17) is 26.7 Å². The quantitative estimate of drug-likeness (QED) is 0.343. The molecule has 3 heterocycles. The largest absolute Gasteiger partial charge is 0.462 e. The number of nitrogens with two attached hydrogens (primary N) is 3. The van der Waals surface area contributed by atoms with Crippen LogP contribution in [0.3, 0.4) is 0 Å². The normalized spacial score (nSPS) is 25.0. The third-order valence-electron chi connectivity index (χ3n) is 5.07. The fourth-order valence-electron chi connectivity index (χ4n) is 3.30. The maximum absolute atomic E-state index is 12.0. The number of carbonyl (C=O) groups is 2. The number of carbonyl (C=O) groups excluding carboxylic acids is 2. The molecule has 1 amide bonds. The van der Waals surface area contributed by atoms with Gasteiger partial charge in [-0.2, -0.15) is 0 Å². The molecule has 1 fully saturated rings. The first-order chi connectivity index (χ1) is 14.0. The molecule has 2 aromatic heterocycles. The molecule has 12 heteroatoms. The Balaban J connectivity index is 1.89.